The molecule has 0 radical (unpaired) electrons. The van der Waals surface area contributed by atoms with E-state index in [1.54, 1.807) is 42.6 Å². The van der Waals surface area contributed by atoms with Gasteiger partial charge in [0.05, 0.1) is 0 Å². The van der Waals surface area contributed by atoms with E-state index in [4.69, 9.17) is 27.9 Å². The number of ether oxygens (including phenoxy) is 1. The van der Waals surface area contributed by atoms with Crippen molar-refractivity contribution in [1.82, 2.24) is 9.55 Å². The Kier molecular flexibility index (Phi) is 5.96. The summed E-state index contributed by atoms with van der Waals surface area (Å²) in [4.78, 5) is 16.5. The molecule has 2 aromatic carbocycles. The van der Waals surface area contributed by atoms with Crippen LogP contribution in [-0.2, 0) is 13.2 Å². The van der Waals surface area contributed by atoms with E-state index in [2.05, 4.69) is 4.98 Å². The zero-order valence-electron chi connectivity index (χ0n) is 14.3. The molecule has 0 fully saturated rings. The van der Waals surface area contributed by atoms with Gasteiger partial charge in [-0.15, -0.1) is 0 Å². The number of carbonyl (C=O) groups excluding carboxylic acids is 1. The van der Waals surface area contributed by atoms with Gasteiger partial charge in [-0.3, -0.25) is 4.79 Å². The third-order valence-electron chi connectivity index (χ3n) is 4.09. The number of aryl methyl sites for hydroxylation is 2. The van der Waals surface area contributed by atoms with Crippen LogP contribution in [0.2, 0.25) is 10.0 Å². The molecule has 0 bridgehead atoms. The van der Waals surface area contributed by atoms with Gasteiger partial charge in [-0.05, 0) is 43.3 Å². The quantitative estimate of drug-likeness (QED) is 0.512. The van der Waals surface area contributed by atoms with E-state index in [-0.39, 0.29) is 5.78 Å². The van der Waals surface area contributed by atoms with E-state index in [0.717, 1.165) is 11.4 Å². The minimum absolute atomic E-state index is 0.0883. The zero-order valence-corrected chi connectivity index (χ0v) is 15.8. The van der Waals surface area contributed by atoms with Crippen LogP contribution in [0, 0.1) is 6.92 Å². The summed E-state index contributed by atoms with van der Waals surface area (Å²) in [6.07, 6.45) is 4.04. The first kappa shape index (κ1) is 18.5. The second kappa shape index (κ2) is 8.39. The van der Waals surface area contributed by atoms with Crippen molar-refractivity contribution in [1.29, 1.82) is 0 Å². The predicted octanol–water partition coefficient (Wildman–Crippen LogP) is 5.35. The van der Waals surface area contributed by atoms with Crippen LogP contribution in [0.4, 0.5) is 0 Å². The Morgan fingerprint density at radius 2 is 1.92 bits per heavy atom. The topological polar surface area (TPSA) is 44.1 Å². The minimum Gasteiger partial charge on any atom is -0.489 e. The molecule has 0 saturated heterocycles. The summed E-state index contributed by atoms with van der Waals surface area (Å²) < 4.78 is 7.69. The van der Waals surface area contributed by atoms with Crippen LogP contribution >= 0.6 is 23.2 Å². The van der Waals surface area contributed by atoms with Crippen molar-refractivity contribution in [3.63, 3.8) is 0 Å². The molecule has 0 aliphatic carbocycles. The fourth-order valence-corrected chi connectivity index (χ4v) is 3.01. The number of imidazole rings is 1. The molecule has 1 heterocycles. The lowest BCUT2D eigenvalue weighted by Crippen LogP contribution is -2.06. The number of halogens is 2. The van der Waals surface area contributed by atoms with Gasteiger partial charge in [-0.1, -0.05) is 29.3 Å². The number of ketones is 1. The van der Waals surface area contributed by atoms with Crippen molar-refractivity contribution >= 4 is 29.0 Å². The fraction of sp³-hybridized carbons (Fsp3) is 0.200. The van der Waals surface area contributed by atoms with Crippen molar-refractivity contribution < 1.29 is 9.53 Å². The Labute approximate surface area is 162 Å². The molecule has 0 saturated carbocycles. The van der Waals surface area contributed by atoms with Crippen LogP contribution in [0.1, 0.15) is 28.2 Å². The maximum atomic E-state index is 12.3. The van der Waals surface area contributed by atoms with Crippen LogP contribution in [0.15, 0.2) is 54.9 Å². The van der Waals surface area contributed by atoms with Crippen molar-refractivity contribution in [2.75, 3.05) is 0 Å². The summed E-state index contributed by atoms with van der Waals surface area (Å²) in [7, 11) is 0. The van der Waals surface area contributed by atoms with Crippen LogP contribution in [0.3, 0.4) is 0 Å². The summed E-state index contributed by atoms with van der Waals surface area (Å²) in [6.45, 7) is 2.88. The molecule has 3 rings (SSSR count). The molecular weight excluding hydrogens is 371 g/mol. The molecule has 0 atom stereocenters. The molecule has 6 heteroatoms. The van der Waals surface area contributed by atoms with E-state index in [9.17, 15) is 4.79 Å². The lowest BCUT2D eigenvalue weighted by molar-refractivity contribution is 0.0977. The van der Waals surface area contributed by atoms with Gasteiger partial charge < -0.3 is 9.30 Å². The van der Waals surface area contributed by atoms with Gasteiger partial charge in [0.2, 0.25) is 0 Å². The maximum absolute atomic E-state index is 12.3. The van der Waals surface area contributed by atoms with Gasteiger partial charge >= 0.3 is 0 Å². The van der Waals surface area contributed by atoms with Gasteiger partial charge in [0.1, 0.15) is 18.2 Å². The smallest absolute Gasteiger partial charge is 0.164 e. The highest BCUT2D eigenvalue weighted by atomic mass is 35.5. The molecule has 0 unspecified atom stereocenters. The number of rotatable bonds is 7. The SMILES string of the molecule is Cc1nccn1CCC(=O)c1ccc(OCc2ccc(Cl)cc2Cl)cc1. The minimum atomic E-state index is 0.0883. The monoisotopic (exact) mass is 388 g/mol. The maximum Gasteiger partial charge on any atom is 0.164 e. The van der Waals surface area contributed by atoms with E-state index >= 15 is 0 Å². The second-order valence-electron chi connectivity index (χ2n) is 5.89. The van der Waals surface area contributed by atoms with Gasteiger partial charge in [-0.2, -0.15) is 0 Å². The Bertz CT molecular complexity index is 904. The average Bonchev–Trinajstić information content (AvgIpc) is 3.04. The van der Waals surface area contributed by atoms with Gasteiger partial charge in [0.25, 0.3) is 0 Å². The van der Waals surface area contributed by atoms with Gasteiger partial charge in [-0.25, -0.2) is 4.98 Å². The summed E-state index contributed by atoms with van der Waals surface area (Å²) >= 11 is 12.0. The van der Waals surface area contributed by atoms with Crippen molar-refractivity contribution in [3.8, 4) is 5.75 Å². The van der Waals surface area contributed by atoms with E-state index in [1.807, 2.05) is 23.8 Å². The Morgan fingerprint density at radius 3 is 2.58 bits per heavy atom. The first-order valence-corrected chi connectivity index (χ1v) is 8.96. The molecule has 4 nitrogen and oxygen atoms in total. The molecule has 3 aromatic rings. The van der Waals surface area contributed by atoms with Gasteiger partial charge in [0.15, 0.2) is 5.78 Å². The highest BCUT2D eigenvalue weighted by molar-refractivity contribution is 6.35. The fourth-order valence-electron chi connectivity index (χ4n) is 2.54. The molecule has 0 aliphatic heterocycles. The highest BCUT2D eigenvalue weighted by Crippen LogP contribution is 2.23. The van der Waals surface area contributed by atoms with Crippen molar-refractivity contribution in [3.05, 3.63) is 81.9 Å². The number of aromatic nitrogens is 2. The number of hydrogen-bond acceptors (Lipinski definition) is 3. The Morgan fingerprint density at radius 1 is 1.15 bits per heavy atom. The molecule has 0 aliphatic rings. The van der Waals surface area contributed by atoms with E-state index in [0.29, 0.717) is 40.9 Å². The molecule has 134 valence electrons. The number of hydrogen-bond donors (Lipinski definition) is 0. The summed E-state index contributed by atoms with van der Waals surface area (Å²) in [5.74, 6) is 1.67. The zero-order chi connectivity index (χ0) is 18.5. The summed E-state index contributed by atoms with van der Waals surface area (Å²) in [5, 5.41) is 1.16. The first-order chi connectivity index (χ1) is 12.5. The number of nitrogens with zero attached hydrogens (tertiary/aromatic N) is 2. The first-order valence-electron chi connectivity index (χ1n) is 8.20. The summed E-state index contributed by atoms with van der Waals surface area (Å²) in [5.41, 5.74) is 1.52. The Balaban J connectivity index is 1.55. The number of benzene rings is 2. The molecular formula is C20H18Cl2N2O2. The van der Waals surface area contributed by atoms with Crippen LogP contribution in [0.5, 0.6) is 5.75 Å². The number of Topliss-reactive ketones (excluding diaryl/α,β-unsaturated/α-hetero) is 1. The third-order valence-corrected chi connectivity index (χ3v) is 4.68. The van der Waals surface area contributed by atoms with Gasteiger partial charge in [0, 0.05) is 46.5 Å². The molecule has 0 amide bonds. The second-order valence-corrected chi connectivity index (χ2v) is 6.73. The third kappa shape index (κ3) is 4.65. The van der Waals surface area contributed by atoms with Crippen molar-refractivity contribution in [2.45, 2.75) is 26.5 Å². The molecule has 0 N–H and O–H groups in total. The molecule has 0 spiro atoms. The van der Waals surface area contributed by atoms with Crippen LogP contribution < -0.4 is 4.74 Å². The molecule has 1 aromatic heterocycles. The lowest BCUT2D eigenvalue weighted by atomic mass is 10.1. The Hall–Kier alpha value is -2.30. The lowest BCUT2D eigenvalue weighted by Gasteiger charge is -2.09. The predicted molar refractivity (Wildman–Crippen MR) is 103 cm³/mol. The average molecular weight is 389 g/mol. The van der Waals surface area contributed by atoms with Crippen LogP contribution in [0.25, 0.3) is 0 Å². The van der Waals surface area contributed by atoms with E-state index in [1.165, 1.54) is 0 Å². The summed E-state index contributed by atoms with van der Waals surface area (Å²) in [6, 6.07) is 12.4. The molecule has 26 heavy (non-hydrogen) atoms. The largest absolute Gasteiger partial charge is 0.489 e. The standard InChI is InChI=1S/C20H18Cl2N2O2/c1-14-23-9-11-24(14)10-8-20(25)15-3-6-18(7-4-15)26-13-16-2-5-17(21)12-19(16)22/h2-7,9,11-12H,8,10,13H2,1H3. The van der Waals surface area contributed by atoms with Crippen LogP contribution in [-0.4, -0.2) is 15.3 Å². The van der Waals surface area contributed by atoms with Crippen molar-refractivity contribution in [2.24, 2.45) is 0 Å². The number of carbonyl (C=O) groups is 1. The highest BCUT2D eigenvalue weighted by Gasteiger charge is 2.08. The normalized spacial score (nSPS) is 10.7. The van der Waals surface area contributed by atoms with E-state index < -0.39 is 0 Å².